The van der Waals surface area contributed by atoms with Gasteiger partial charge in [0.2, 0.25) is 0 Å². The number of cyclic esters (lactones) is 1. The van der Waals surface area contributed by atoms with Crippen molar-refractivity contribution in [2.45, 2.75) is 51.2 Å². The minimum atomic E-state index is -0.484. The van der Waals surface area contributed by atoms with Crippen LogP contribution in [0.4, 0.5) is 0 Å². The van der Waals surface area contributed by atoms with E-state index in [9.17, 15) is 15.0 Å². The summed E-state index contributed by atoms with van der Waals surface area (Å²) >= 11 is 0. The van der Waals surface area contributed by atoms with Crippen LogP contribution in [0.1, 0.15) is 39.0 Å². The van der Waals surface area contributed by atoms with Gasteiger partial charge in [0.25, 0.3) is 0 Å². The van der Waals surface area contributed by atoms with Crippen LogP contribution in [0.15, 0.2) is 12.2 Å². The van der Waals surface area contributed by atoms with Crippen LogP contribution in [0.2, 0.25) is 0 Å². The first-order valence-corrected chi connectivity index (χ1v) is 7.34. The number of hydrogen-bond donors (Lipinski definition) is 2. The van der Waals surface area contributed by atoms with Crippen LogP contribution in [-0.4, -0.2) is 35.0 Å². The summed E-state index contributed by atoms with van der Waals surface area (Å²) in [5.74, 6) is -0.302. The minimum absolute atomic E-state index is 0.0581. The molecule has 1 saturated carbocycles. The highest BCUT2D eigenvalue weighted by Gasteiger charge is 2.49. The molecule has 0 unspecified atom stereocenters. The van der Waals surface area contributed by atoms with Gasteiger partial charge in [0.15, 0.2) is 0 Å². The first-order chi connectivity index (χ1) is 9.13. The quantitative estimate of drug-likeness (QED) is 0.437. The number of carbonyl (C=O) groups excluding carboxylic acids is 1. The topological polar surface area (TPSA) is 66.8 Å². The summed E-state index contributed by atoms with van der Waals surface area (Å²) in [6.45, 7) is 2.54. The molecule has 0 aromatic rings. The molecule has 0 aromatic carbocycles. The van der Waals surface area contributed by atoms with Gasteiger partial charge >= 0.3 is 5.97 Å². The third-order valence-electron chi connectivity index (χ3n) is 4.33. The van der Waals surface area contributed by atoms with Crippen molar-refractivity contribution in [3.8, 4) is 0 Å². The van der Waals surface area contributed by atoms with Gasteiger partial charge in [-0.05, 0) is 12.8 Å². The molecule has 0 bridgehead atoms. The molecule has 0 aromatic heterocycles. The fraction of sp³-hybridized carbons (Fsp3) is 0.800. The third kappa shape index (κ3) is 3.37. The zero-order valence-electron chi connectivity index (χ0n) is 11.5. The summed E-state index contributed by atoms with van der Waals surface area (Å²) < 4.78 is 5.04. The average molecular weight is 268 g/mol. The van der Waals surface area contributed by atoms with E-state index in [4.69, 9.17) is 4.74 Å². The Labute approximate surface area is 114 Å². The Morgan fingerprint density at radius 3 is 3.00 bits per heavy atom. The number of rotatable bonds is 6. The Hall–Kier alpha value is -0.870. The number of unbranched alkanes of at least 4 members (excludes halogenated alkanes) is 2. The zero-order chi connectivity index (χ0) is 13.8. The molecule has 4 nitrogen and oxygen atoms in total. The number of esters is 1. The van der Waals surface area contributed by atoms with Crippen molar-refractivity contribution in [2.24, 2.45) is 17.8 Å². The second kappa shape index (κ2) is 6.53. The molecular formula is C15H24O4. The molecule has 2 aliphatic rings. The number of fused-ring (bicyclic) bond motifs is 1. The summed E-state index contributed by atoms with van der Waals surface area (Å²) in [4.78, 5) is 11.5. The van der Waals surface area contributed by atoms with E-state index in [1.807, 2.05) is 6.08 Å². The molecule has 0 radical (unpaired) electrons. The lowest BCUT2D eigenvalue weighted by Gasteiger charge is -2.16. The lowest BCUT2D eigenvalue weighted by Crippen LogP contribution is -2.19. The Kier molecular flexibility index (Phi) is 4.99. The second-order valence-corrected chi connectivity index (χ2v) is 5.73. The molecule has 0 amide bonds. The highest BCUT2D eigenvalue weighted by atomic mass is 16.5. The van der Waals surface area contributed by atoms with Crippen molar-refractivity contribution in [3.05, 3.63) is 12.2 Å². The van der Waals surface area contributed by atoms with E-state index in [-0.39, 0.29) is 23.7 Å². The van der Waals surface area contributed by atoms with Crippen LogP contribution >= 0.6 is 0 Å². The Bertz CT molecular complexity index is 339. The molecule has 5 atom stereocenters. The molecule has 2 N–H and O–H groups in total. The van der Waals surface area contributed by atoms with Gasteiger partial charge in [0, 0.05) is 11.8 Å². The van der Waals surface area contributed by atoms with Crippen LogP contribution in [-0.2, 0) is 9.53 Å². The first kappa shape index (κ1) is 14.5. The van der Waals surface area contributed by atoms with Crippen LogP contribution < -0.4 is 0 Å². The van der Waals surface area contributed by atoms with E-state index >= 15 is 0 Å². The van der Waals surface area contributed by atoms with Gasteiger partial charge in [-0.1, -0.05) is 38.3 Å². The first-order valence-electron chi connectivity index (χ1n) is 7.34. The van der Waals surface area contributed by atoms with Crippen LogP contribution in [0.5, 0.6) is 0 Å². The van der Waals surface area contributed by atoms with Gasteiger partial charge in [-0.3, -0.25) is 4.79 Å². The molecule has 1 aliphatic heterocycles. The maximum Gasteiger partial charge on any atom is 0.309 e. The van der Waals surface area contributed by atoms with Gasteiger partial charge < -0.3 is 14.9 Å². The van der Waals surface area contributed by atoms with Crippen LogP contribution in [0, 0.1) is 17.8 Å². The van der Waals surface area contributed by atoms with E-state index in [1.165, 1.54) is 0 Å². The van der Waals surface area contributed by atoms with Crippen molar-refractivity contribution >= 4 is 5.97 Å². The van der Waals surface area contributed by atoms with Gasteiger partial charge in [-0.25, -0.2) is 0 Å². The Morgan fingerprint density at radius 2 is 2.26 bits per heavy atom. The summed E-state index contributed by atoms with van der Waals surface area (Å²) in [7, 11) is 0. The van der Waals surface area contributed by atoms with Crippen molar-refractivity contribution in [1.29, 1.82) is 0 Å². The van der Waals surface area contributed by atoms with Crippen molar-refractivity contribution in [3.63, 3.8) is 0 Å². The van der Waals surface area contributed by atoms with E-state index in [1.54, 1.807) is 6.08 Å². The molecule has 108 valence electrons. The SMILES string of the molecule is CCCCC[C@@H](O)/C=C/[C@H]1[C@@H]2COC(=O)[C@@H]2C[C@@H]1O. The lowest BCUT2D eigenvalue weighted by atomic mass is 9.91. The van der Waals surface area contributed by atoms with Crippen LogP contribution in [0.25, 0.3) is 0 Å². The Balaban J connectivity index is 1.86. The molecule has 2 fully saturated rings. The monoisotopic (exact) mass is 268 g/mol. The largest absolute Gasteiger partial charge is 0.465 e. The molecular weight excluding hydrogens is 244 g/mol. The van der Waals surface area contributed by atoms with Gasteiger partial charge in [-0.15, -0.1) is 0 Å². The van der Waals surface area contributed by atoms with Crippen molar-refractivity contribution in [1.82, 2.24) is 0 Å². The van der Waals surface area contributed by atoms with Gasteiger partial charge in [0.1, 0.15) is 0 Å². The van der Waals surface area contributed by atoms with Gasteiger partial charge in [-0.2, -0.15) is 0 Å². The maximum atomic E-state index is 11.5. The predicted octanol–water partition coefficient (Wildman–Crippen LogP) is 1.65. The molecule has 1 aliphatic carbocycles. The third-order valence-corrected chi connectivity index (χ3v) is 4.33. The molecule has 2 rings (SSSR count). The van der Waals surface area contributed by atoms with Gasteiger partial charge in [0.05, 0.1) is 24.7 Å². The molecule has 4 heteroatoms. The van der Waals surface area contributed by atoms with Crippen molar-refractivity contribution in [2.75, 3.05) is 6.61 Å². The molecule has 0 spiro atoms. The molecule has 1 saturated heterocycles. The highest BCUT2D eigenvalue weighted by Crippen LogP contribution is 2.42. The average Bonchev–Trinajstić information content (AvgIpc) is 2.88. The number of aliphatic hydroxyl groups excluding tert-OH is 2. The number of hydrogen-bond acceptors (Lipinski definition) is 4. The second-order valence-electron chi connectivity index (χ2n) is 5.73. The summed E-state index contributed by atoms with van der Waals surface area (Å²) in [6, 6.07) is 0. The van der Waals surface area contributed by atoms with Crippen LogP contribution in [0.3, 0.4) is 0 Å². The van der Waals surface area contributed by atoms with E-state index < -0.39 is 12.2 Å². The summed E-state index contributed by atoms with van der Waals surface area (Å²) in [5, 5.41) is 19.8. The molecule has 19 heavy (non-hydrogen) atoms. The van der Waals surface area contributed by atoms with E-state index in [2.05, 4.69) is 6.92 Å². The number of aliphatic hydroxyl groups is 2. The standard InChI is InChI=1S/C15H24O4/c1-2-3-4-5-10(16)6-7-11-13-9-19-15(18)12(13)8-14(11)17/h6-7,10-14,16-17H,2-5,8-9H2,1H3/b7-6+/t10-,11+,12-,13+,14+/m1/s1. The number of carbonyl (C=O) groups is 1. The van der Waals surface area contributed by atoms with E-state index in [0.29, 0.717) is 13.0 Å². The smallest absolute Gasteiger partial charge is 0.309 e. The zero-order valence-corrected chi connectivity index (χ0v) is 11.5. The van der Waals surface area contributed by atoms with Crippen molar-refractivity contribution < 1.29 is 19.7 Å². The minimum Gasteiger partial charge on any atom is -0.465 e. The lowest BCUT2D eigenvalue weighted by molar-refractivity contribution is -0.141. The highest BCUT2D eigenvalue weighted by molar-refractivity contribution is 5.75. The summed E-state index contributed by atoms with van der Waals surface area (Å²) in [6.07, 6.45) is 7.26. The fourth-order valence-corrected chi connectivity index (χ4v) is 3.16. The predicted molar refractivity (Wildman–Crippen MR) is 71.3 cm³/mol. The Morgan fingerprint density at radius 1 is 1.47 bits per heavy atom. The van der Waals surface area contributed by atoms with E-state index in [0.717, 1.165) is 25.7 Å². The normalized spacial score (nSPS) is 35.6. The summed E-state index contributed by atoms with van der Waals surface area (Å²) in [5.41, 5.74) is 0. The maximum absolute atomic E-state index is 11.5. The fourth-order valence-electron chi connectivity index (χ4n) is 3.16. The number of ether oxygens (including phenoxy) is 1. The molecule has 1 heterocycles.